The van der Waals surface area contributed by atoms with Gasteiger partial charge in [0, 0.05) is 13.2 Å². The Bertz CT molecular complexity index is 353. The summed E-state index contributed by atoms with van der Waals surface area (Å²) in [6, 6.07) is 2.94. The number of nitriles is 2. The fourth-order valence-electron chi connectivity index (χ4n) is 1.73. The summed E-state index contributed by atoms with van der Waals surface area (Å²) in [7, 11) is 0. The van der Waals surface area contributed by atoms with Gasteiger partial charge in [0.1, 0.15) is 12.8 Å². The van der Waals surface area contributed by atoms with E-state index in [1.165, 1.54) is 12.1 Å². The average molecular weight is 314 g/mol. The molecule has 0 aromatic carbocycles. The number of aliphatic hydroxyl groups is 2. The molecule has 1 fully saturated rings. The smallest absolute Gasteiger partial charge is 0.317 e. The van der Waals surface area contributed by atoms with Gasteiger partial charge in [0.25, 0.3) is 0 Å². The van der Waals surface area contributed by atoms with Crippen molar-refractivity contribution >= 4 is 11.9 Å². The lowest BCUT2D eigenvalue weighted by Gasteiger charge is -2.25. The van der Waals surface area contributed by atoms with Crippen LogP contribution in [0.3, 0.4) is 0 Å². The van der Waals surface area contributed by atoms with E-state index in [-0.39, 0.29) is 0 Å². The molecular weight excluding hydrogens is 292 g/mol. The van der Waals surface area contributed by atoms with Crippen molar-refractivity contribution in [3.8, 4) is 12.1 Å². The first kappa shape index (κ1) is 22.1. The molecule has 1 aliphatic carbocycles. The molecular formula is C14H22N2O6. The zero-order valence-electron chi connectivity index (χ0n) is 12.3. The predicted molar refractivity (Wildman–Crippen MR) is 75.4 cm³/mol. The molecule has 0 saturated heterocycles. The van der Waals surface area contributed by atoms with Gasteiger partial charge >= 0.3 is 11.9 Å². The highest BCUT2D eigenvalue weighted by Crippen LogP contribution is 2.27. The van der Waals surface area contributed by atoms with Gasteiger partial charge in [-0.1, -0.05) is 0 Å². The van der Waals surface area contributed by atoms with Crippen LogP contribution in [0.25, 0.3) is 0 Å². The van der Waals surface area contributed by atoms with Crippen molar-refractivity contribution in [2.45, 2.75) is 38.5 Å². The van der Waals surface area contributed by atoms with Gasteiger partial charge in [-0.2, -0.15) is 10.5 Å². The van der Waals surface area contributed by atoms with E-state index in [2.05, 4.69) is 0 Å². The lowest BCUT2D eigenvalue weighted by atomic mass is 9.83. The van der Waals surface area contributed by atoms with Crippen molar-refractivity contribution in [3.63, 3.8) is 0 Å². The number of hydrogen-bond acceptors (Lipinski definition) is 6. The van der Waals surface area contributed by atoms with Crippen LogP contribution >= 0.6 is 0 Å². The van der Waals surface area contributed by atoms with Crippen molar-refractivity contribution in [1.82, 2.24) is 0 Å². The molecule has 0 aromatic heterocycles. The van der Waals surface area contributed by atoms with E-state index in [9.17, 15) is 9.59 Å². The van der Waals surface area contributed by atoms with Crippen LogP contribution in [0.2, 0.25) is 0 Å². The van der Waals surface area contributed by atoms with E-state index in [0.29, 0.717) is 25.0 Å². The molecule has 1 aliphatic rings. The van der Waals surface area contributed by atoms with Gasteiger partial charge < -0.3 is 20.4 Å². The zero-order chi connectivity index (χ0) is 17.4. The minimum atomic E-state index is -1.07. The van der Waals surface area contributed by atoms with E-state index in [1.807, 2.05) is 0 Å². The summed E-state index contributed by atoms with van der Waals surface area (Å²) in [6.07, 6.45) is 3.59. The molecule has 0 aliphatic heterocycles. The number of carbonyl (C=O) groups is 2. The van der Waals surface area contributed by atoms with Crippen LogP contribution in [0.5, 0.6) is 0 Å². The second kappa shape index (κ2) is 15.2. The fraction of sp³-hybridized carbons (Fsp3) is 0.714. The van der Waals surface area contributed by atoms with Crippen molar-refractivity contribution < 1.29 is 30.0 Å². The van der Waals surface area contributed by atoms with E-state index in [1.54, 1.807) is 0 Å². The first-order valence-electron chi connectivity index (χ1n) is 6.80. The highest BCUT2D eigenvalue weighted by molar-refractivity contribution is 5.69. The summed E-state index contributed by atoms with van der Waals surface area (Å²) in [5.74, 6) is -1.11. The Kier molecular flexibility index (Phi) is 15.3. The largest absolute Gasteiger partial charge is 0.480 e. The summed E-state index contributed by atoms with van der Waals surface area (Å²) < 4.78 is 0. The minimum Gasteiger partial charge on any atom is -0.480 e. The number of carboxylic acid groups (broad SMARTS) is 2. The van der Waals surface area contributed by atoms with Gasteiger partial charge in [0.15, 0.2) is 0 Å². The lowest BCUT2D eigenvalue weighted by Crippen LogP contribution is -2.19. The molecule has 0 atom stereocenters. The Morgan fingerprint density at radius 2 is 1.09 bits per heavy atom. The standard InChI is InChI=1S/C8H16O2.2C3H3NO2/c9-5-7-1-2-8(6-10)4-3-7;2*4-2-1-3(5)6/h7-10H,1-6H2;2*1H2,(H,5,6). The summed E-state index contributed by atoms with van der Waals surface area (Å²) in [5.41, 5.74) is 0. The van der Waals surface area contributed by atoms with Crippen LogP contribution in [0.15, 0.2) is 0 Å². The van der Waals surface area contributed by atoms with Crippen LogP contribution in [0.4, 0.5) is 0 Å². The molecule has 124 valence electrons. The van der Waals surface area contributed by atoms with E-state index in [4.69, 9.17) is 30.9 Å². The topological polar surface area (TPSA) is 163 Å². The van der Waals surface area contributed by atoms with Crippen molar-refractivity contribution in [2.24, 2.45) is 11.8 Å². The van der Waals surface area contributed by atoms with E-state index >= 15 is 0 Å². The third-order valence-electron chi connectivity index (χ3n) is 2.94. The molecule has 1 saturated carbocycles. The average Bonchev–Trinajstić information content (AvgIpc) is 2.48. The minimum absolute atomic E-state index is 0.331. The maximum Gasteiger partial charge on any atom is 0.317 e. The van der Waals surface area contributed by atoms with Crippen LogP contribution in [-0.4, -0.2) is 45.6 Å². The molecule has 1 rings (SSSR count). The zero-order valence-corrected chi connectivity index (χ0v) is 12.3. The van der Waals surface area contributed by atoms with Gasteiger partial charge in [0.05, 0.1) is 12.1 Å². The monoisotopic (exact) mass is 314 g/mol. The third kappa shape index (κ3) is 15.9. The Hall–Kier alpha value is -2.16. The summed E-state index contributed by atoms with van der Waals surface area (Å²) in [6.45, 7) is 0.663. The molecule has 22 heavy (non-hydrogen) atoms. The SMILES string of the molecule is N#CCC(=O)O.N#CCC(=O)O.OCC1CCC(CO)CC1. The number of aliphatic carboxylic acids is 2. The Labute approximate surface area is 129 Å². The fourth-order valence-corrected chi connectivity index (χ4v) is 1.73. The number of hydrogen-bond donors (Lipinski definition) is 4. The summed E-state index contributed by atoms with van der Waals surface area (Å²) >= 11 is 0. The van der Waals surface area contributed by atoms with Crippen LogP contribution in [0.1, 0.15) is 38.5 Å². The van der Waals surface area contributed by atoms with Crippen LogP contribution in [-0.2, 0) is 9.59 Å². The second-order valence-electron chi connectivity index (χ2n) is 4.71. The molecule has 4 N–H and O–H groups in total. The molecule has 8 heteroatoms. The summed E-state index contributed by atoms with van der Waals surface area (Å²) in [5, 5.41) is 48.2. The van der Waals surface area contributed by atoms with Gasteiger partial charge in [-0.05, 0) is 37.5 Å². The second-order valence-corrected chi connectivity index (χ2v) is 4.71. The van der Waals surface area contributed by atoms with Gasteiger partial charge in [0.2, 0.25) is 0 Å². The normalized spacial score (nSPS) is 19.1. The number of carboxylic acids is 2. The lowest BCUT2D eigenvalue weighted by molar-refractivity contribution is -0.136. The number of nitrogens with zero attached hydrogens (tertiary/aromatic N) is 2. The van der Waals surface area contributed by atoms with Crippen molar-refractivity contribution in [2.75, 3.05) is 13.2 Å². The quantitative estimate of drug-likeness (QED) is 0.590. The molecule has 0 heterocycles. The molecule has 0 spiro atoms. The van der Waals surface area contributed by atoms with Gasteiger partial charge in [-0.15, -0.1) is 0 Å². The molecule has 0 aromatic rings. The number of aliphatic hydroxyl groups excluding tert-OH is 2. The predicted octanol–water partition coefficient (Wildman–Crippen LogP) is 0.747. The third-order valence-corrected chi connectivity index (χ3v) is 2.94. The Balaban J connectivity index is 0. The van der Waals surface area contributed by atoms with Crippen molar-refractivity contribution in [1.29, 1.82) is 10.5 Å². The maximum absolute atomic E-state index is 9.38. The molecule has 8 nitrogen and oxygen atoms in total. The van der Waals surface area contributed by atoms with E-state index in [0.717, 1.165) is 25.7 Å². The highest BCUT2D eigenvalue weighted by atomic mass is 16.4. The first-order valence-corrected chi connectivity index (χ1v) is 6.80. The molecule has 0 bridgehead atoms. The van der Waals surface area contributed by atoms with Gasteiger partial charge in [-0.25, -0.2) is 0 Å². The maximum atomic E-state index is 9.38. The Morgan fingerprint density at radius 3 is 1.18 bits per heavy atom. The van der Waals surface area contributed by atoms with E-state index < -0.39 is 24.8 Å². The molecule has 0 radical (unpaired) electrons. The van der Waals surface area contributed by atoms with Crippen LogP contribution in [0, 0.1) is 34.5 Å². The summed E-state index contributed by atoms with van der Waals surface area (Å²) in [4.78, 5) is 18.8. The first-order chi connectivity index (χ1) is 10.4. The molecule has 0 unspecified atom stereocenters. The van der Waals surface area contributed by atoms with Crippen molar-refractivity contribution in [3.05, 3.63) is 0 Å². The highest BCUT2D eigenvalue weighted by Gasteiger charge is 2.19. The Morgan fingerprint density at radius 1 is 0.818 bits per heavy atom. The van der Waals surface area contributed by atoms with Crippen LogP contribution < -0.4 is 0 Å². The number of rotatable bonds is 4. The molecule has 0 amide bonds. The van der Waals surface area contributed by atoms with Gasteiger partial charge in [-0.3, -0.25) is 9.59 Å².